The minimum Gasteiger partial charge on any atom is -0.326 e. The summed E-state index contributed by atoms with van der Waals surface area (Å²) in [5.74, 6) is 0. The minimum atomic E-state index is 0.417. The fourth-order valence-electron chi connectivity index (χ4n) is 1.41. The Morgan fingerprint density at radius 3 is 2.91 bits per heavy atom. The SMILES string of the molecule is C=C(C)CCN1CC[C@H](N)C1. The molecule has 0 aromatic rings. The molecule has 1 aliphatic heterocycles. The number of rotatable bonds is 3. The summed E-state index contributed by atoms with van der Waals surface area (Å²) in [6, 6.07) is 0.417. The predicted molar refractivity (Wildman–Crippen MR) is 48.5 cm³/mol. The van der Waals surface area contributed by atoms with Crippen molar-refractivity contribution < 1.29 is 0 Å². The second-order valence-electron chi connectivity index (χ2n) is 3.56. The van der Waals surface area contributed by atoms with Crippen LogP contribution in [0.1, 0.15) is 19.8 Å². The van der Waals surface area contributed by atoms with Crippen molar-refractivity contribution in [2.75, 3.05) is 19.6 Å². The molecule has 1 rings (SSSR count). The summed E-state index contributed by atoms with van der Waals surface area (Å²) in [5, 5.41) is 0. The largest absolute Gasteiger partial charge is 0.326 e. The number of hydrogen-bond acceptors (Lipinski definition) is 2. The Morgan fingerprint density at radius 2 is 2.45 bits per heavy atom. The van der Waals surface area contributed by atoms with Crippen molar-refractivity contribution in [3.05, 3.63) is 12.2 Å². The van der Waals surface area contributed by atoms with Crippen molar-refractivity contribution in [2.45, 2.75) is 25.8 Å². The molecule has 2 nitrogen and oxygen atoms in total. The van der Waals surface area contributed by atoms with Gasteiger partial charge in [0.25, 0.3) is 0 Å². The molecule has 64 valence electrons. The Morgan fingerprint density at radius 1 is 1.73 bits per heavy atom. The Labute approximate surface area is 69.1 Å². The second kappa shape index (κ2) is 3.88. The van der Waals surface area contributed by atoms with Gasteiger partial charge < -0.3 is 10.6 Å². The lowest BCUT2D eigenvalue weighted by molar-refractivity contribution is 0.339. The van der Waals surface area contributed by atoms with E-state index in [0.29, 0.717) is 6.04 Å². The van der Waals surface area contributed by atoms with E-state index in [-0.39, 0.29) is 0 Å². The molecule has 1 saturated heterocycles. The average molecular weight is 154 g/mol. The molecular formula is C9H18N2. The van der Waals surface area contributed by atoms with E-state index in [0.717, 1.165) is 25.9 Å². The molecule has 11 heavy (non-hydrogen) atoms. The molecule has 0 spiro atoms. The number of hydrogen-bond donors (Lipinski definition) is 1. The van der Waals surface area contributed by atoms with Gasteiger partial charge in [0.05, 0.1) is 0 Å². The maximum Gasteiger partial charge on any atom is 0.0180 e. The van der Waals surface area contributed by atoms with Gasteiger partial charge in [-0.05, 0) is 26.3 Å². The maximum absolute atomic E-state index is 5.77. The summed E-state index contributed by atoms with van der Waals surface area (Å²) in [5.41, 5.74) is 7.04. The van der Waals surface area contributed by atoms with Crippen molar-refractivity contribution in [3.63, 3.8) is 0 Å². The van der Waals surface area contributed by atoms with Crippen molar-refractivity contribution in [1.29, 1.82) is 0 Å². The molecular weight excluding hydrogens is 136 g/mol. The van der Waals surface area contributed by atoms with Crippen molar-refractivity contribution in [3.8, 4) is 0 Å². The summed E-state index contributed by atoms with van der Waals surface area (Å²) >= 11 is 0. The summed E-state index contributed by atoms with van der Waals surface area (Å²) in [4.78, 5) is 2.42. The Balaban J connectivity index is 2.13. The highest BCUT2D eigenvalue weighted by molar-refractivity contribution is 4.90. The third kappa shape index (κ3) is 3.04. The van der Waals surface area contributed by atoms with E-state index in [4.69, 9.17) is 5.73 Å². The van der Waals surface area contributed by atoms with E-state index in [2.05, 4.69) is 18.4 Å². The second-order valence-corrected chi connectivity index (χ2v) is 3.56. The number of nitrogens with zero attached hydrogens (tertiary/aromatic N) is 1. The normalized spacial score (nSPS) is 25.8. The van der Waals surface area contributed by atoms with Crippen LogP contribution in [0.15, 0.2) is 12.2 Å². The molecule has 1 fully saturated rings. The van der Waals surface area contributed by atoms with Gasteiger partial charge in [0.15, 0.2) is 0 Å². The fourth-order valence-corrected chi connectivity index (χ4v) is 1.41. The van der Waals surface area contributed by atoms with E-state index in [9.17, 15) is 0 Å². The molecule has 2 N–H and O–H groups in total. The smallest absolute Gasteiger partial charge is 0.0180 e. The molecule has 1 aliphatic rings. The molecule has 0 aliphatic carbocycles. The van der Waals surface area contributed by atoms with Gasteiger partial charge in [-0.25, -0.2) is 0 Å². The molecule has 0 bridgehead atoms. The molecule has 0 saturated carbocycles. The van der Waals surface area contributed by atoms with Crippen LogP contribution in [0, 0.1) is 0 Å². The maximum atomic E-state index is 5.77. The molecule has 0 aromatic heterocycles. The van der Waals surface area contributed by atoms with Crippen molar-refractivity contribution in [2.24, 2.45) is 5.73 Å². The van der Waals surface area contributed by atoms with Crippen LogP contribution in [0.4, 0.5) is 0 Å². The van der Waals surface area contributed by atoms with Crippen LogP contribution in [-0.4, -0.2) is 30.6 Å². The first-order chi connectivity index (χ1) is 5.18. The average Bonchev–Trinajstić information content (AvgIpc) is 2.31. The van der Waals surface area contributed by atoms with Crippen LogP contribution >= 0.6 is 0 Å². The quantitative estimate of drug-likeness (QED) is 0.614. The highest BCUT2D eigenvalue weighted by Gasteiger charge is 2.17. The van der Waals surface area contributed by atoms with Gasteiger partial charge in [-0.2, -0.15) is 0 Å². The third-order valence-corrected chi connectivity index (χ3v) is 2.16. The van der Waals surface area contributed by atoms with Gasteiger partial charge in [-0.1, -0.05) is 5.57 Å². The topological polar surface area (TPSA) is 29.3 Å². The third-order valence-electron chi connectivity index (χ3n) is 2.16. The van der Waals surface area contributed by atoms with E-state index >= 15 is 0 Å². The summed E-state index contributed by atoms with van der Waals surface area (Å²) < 4.78 is 0. The first kappa shape index (κ1) is 8.75. The lowest BCUT2D eigenvalue weighted by Crippen LogP contribution is -2.27. The van der Waals surface area contributed by atoms with Crippen molar-refractivity contribution >= 4 is 0 Å². The lowest BCUT2D eigenvalue weighted by Gasteiger charge is -2.14. The van der Waals surface area contributed by atoms with Crippen LogP contribution in [0.25, 0.3) is 0 Å². The molecule has 0 amide bonds. The van der Waals surface area contributed by atoms with Gasteiger partial charge in [0.2, 0.25) is 0 Å². The molecule has 1 heterocycles. The predicted octanol–water partition coefficient (Wildman–Crippen LogP) is 0.986. The zero-order valence-corrected chi connectivity index (χ0v) is 7.34. The van der Waals surface area contributed by atoms with Gasteiger partial charge in [-0.15, -0.1) is 6.58 Å². The first-order valence-electron chi connectivity index (χ1n) is 4.31. The van der Waals surface area contributed by atoms with Crippen LogP contribution in [0.3, 0.4) is 0 Å². The Hall–Kier alpha value is -0.340. The highest BCUT2D eigenvalue weighted by Crippen LogP contribution is 2.08. The zero-order valence-electron chi connectivity index (χ0n) is 7.34. The Kier molecular flexibility index (Phi) is 3.09. The monoisotopic (exact) mass is 154 g/mol. The summed E-state index contributed by atoms with van der Waals surface area (Å²) in [7, 11) is 0. The summed E-state index contributed by atoms with van der Waals surface area (Å²) in [6.07, 6.45) is 2.28. The fraction of sp³-hybridized carbons (Fsp3) is 0.778. The summed E-state index contributed by atoms with van der Waals surface area (Å²) in [6.45, 7) is 9.35. The molecule has 0 aromatic carbocycles. The zero-order chi connectivity index (χ0) is 8.27. The highest BCUT2D eigenvalue weighted by atomic mass is 15.2. The molecule has 1 atom stereocenters. The van der Waals surface area contributed by atoms with Crippen LogP contribution in [0.2, 0.25) is 0 Å². The van der Waals surface area contributed by atoms with Crippen molar-refractivity contribution in [1.82, 2.24) is 4.90 Å². The molecule has 0 radical (unpaired) electrons. The van der Waals surface area contributed by atoms with Crippen LogP contribution in [0.5, 0.6) is 0 Å². The first-order valence-corrected chi connectivity index (χ1v) is 4.31. The van der Waals surface area contributed by atoms with Gasteiger partial charge >= 0.3 is 0 Å². The molecule has 2 heteroatoms. The van der Waals surface area contributed by atoms with Crippen LogP contribution < -0.4 is 5.73 Å². The van der Waals surface area contributed by atoms with Crippen LogP contribution in [-0.2, 0) is 0 Å². The Bertz CT molecular complexity index is 142. The van der Waals surface area contributed by atoms with E-state index < -0.39 is 0 Å². The van der Waals surface area contributed by atoms with E-state index in [1.165, 1.54) is 12.1 Å². The van der Waals surface area contributed by atoms with Gasteiger partial charge in [0.1, 0.15) is 0 Å². The van der Waals surface area contributed by atoms with E-state index in [1.807, 2.05) is 0 Å². The van der Waals surface area contributed by atoms with Gasteiger partial charge in [0, 0.05) is 19.1 Å². The standard InChI is InChI=1S/C9H18N2/c1-8(2)3-5-11-6-4-9(10)7-11/h9H,1,3-7,10H2,2H3/t9-/m0/s1. The number of likely N-dealkylation sites (tertiary alicyclic amines) is 1. The lowest BCUT2D eigenvalue weighted by atomic mass is 10.2. The molecule has 0 unspecified atom stereocenters. The minimum absolute atomic E-state index is 0.417. The number of nitrogens with two attached hydrogens (primary N) is 1. The van der Waals surface area contributed by atoms with Gasteiger partial charge in [-0.3, -0.25) is 0 Å². The van der Waals surface area contributed by atoms with E-state index in [1.54, 1.807) is 0 Å².